The van der Waals surface area contributed by atoms with Gasteiger partial charge in [0.15, 0.2) is 11.6 Å². The number of halogens is 1. The number of hydrogen-bond donors (Lipinski definition) is 5. The molecule has 0 saturated heterocycles. The van der Waals surface area contributed by atoms with Crippen LogP contribution in [0.3, 0.4) is 0 Å². The van der Waals surface area contributed by atoms with Crippen molar-refractivity contribution >= 4 is 52.6 Å². The smallest absolute Gasteiger partial charge is 0.216 e. The number of anilines is 4. The summed E-state index contributed by atoms with van der Waals surface area (Å²) in [6.45, 7) is 2.55. The first-order valence-corrected chi connectivity index (χ1v) is 7.00. The minimum Gasteiger partial charge on any atom is -0.383 e. The predicted octanol–water partition coefficient (Wildman–Crippen LogP) is 0.696. The van der Waals surface area contributed by atoms with Gasteiger partial charge < -0.3 is 31.6 Å². The Labute approximate surface area is 140 Å². The molecule has 0 bridgehead atoms. The Morgan fingerprint density at radius 2 is 1.87 bits per heavy atom. The molecule has 9 nitrogen and oxygen atoms in total. The molecule has 0 saturated carbocycles. The molecule has 10 heteroatoms. The van der Waals surface area contributed by atoms with Gasteiger partial charge in [0.2, 0.25) is 11.9 Å². The maximum absolute atomic E-state index is 11.1. The fourth-order valence-electron chi connectivity index (χ4n) is 2.40. The van der Waals surface area contributed by atoms with Gasteiger partial charge >= 0.3 is 0 Å². The Morgan fingerprint density at radius 1 is 1.17 bits per heavy atom. The van der Waals surface area contributed by atoms with Crippen molar-refractivity contribution < 1.29 is 4.79 Å². The van der Waals surface area contributed by atoms with E-state index in [-0.39, 0.29) is 18.3 Å². The number of imidazole rings is 1. The average molecular weight is 343 g/mol. The predicted molar refractivity (Wildman–Crippen MR) is 96.5 cm³/mol. The first-order valence-electron chi connectivity index (χ1n) is 7.00. The highest BCUT2D eigenvalue weighted by atomic mass is 35.5. The number of nitrogen functional groups attached to an aromatic ring is 1. The third kappa shape index (κ3) is 3.50. The Balaban J connectivity index is 0.00000264. The Hall–Kier alpha value is -2.42. The molecule has 2 aromatic heterocycles. The summed E-state index contributed by atoms with van der Waals surface area (Å²) in [6, 6.07) is 0. The molecule has 2 rings (SSSR count). The summed E-state index contributed by atoms with van der Waals surface area (Å²) in [7, 11) is 5.39. The highest BCUT2D eigenvalue weighted by Gasteiger charge is 2.19. The molecule has 0 aliphatic heterocycles. The first kappa shape index (κ1) is 18.6. The van der Waals surface area contributed by atoms with Crippen LogP contribution >= 0.6 is 12.4 Å². The minimum absolute atomic E-state index is 0. The van der Waals surface area contributed by atoms with Crippen molar-refractivity contribution in [2.24, 2.45) is 0 Å². The molecule has 0 fully saturated rings. The molecule has 128 valence electrons. The number of fused-ring (bicyclic) bond motifs is 1. The van der Waals surface area contributed by atoms with Crippen molar-refractivity contribution in [3.05, 3.63) is 0 Å². The van der Waals surface area contributed by atoms with Gasteiger partial charge in [-0.25, -0.2) is 9.97 Å². The lowest BCUT2D eigenvalue weighted by atomic mass is 10.3. The lowest BCUT2D eigenvalue weighted by Crippen LogP contribution is -2.25. The van der Waals surface area contributed by atoms with Crippen LogP contribution in [0.15, 0.2) is 0 Å². The second-order valence-corrected chi connectivity index (χ2v) is 4.74. The number of hydrogen-bond acceptors (Lipinski definition) is 7. The molecule has 2 aromatic rings. The molecular weight excluding hydrogens is 320 g/mol. The number of aromatic nitrogens is 3. The molecule has 0 aliphatic carbocycles. The monoisotopic (exact) mass is 342 g/mol. The van der Waals surface area contributed by atoms with Crippen LogP contribution in [0.25, 0.3) is 11.0 Å². The summed E-state index contributed by atoms with van der Waals surface area (Å²) in [4.78, 5) is 19.9. The van der Waals surface area contributed by atoms with Gasteiger partial charge in [-0.3, -0.25) is 4.79 Å². The molecule has 0 atom stereocenters. The molecule has 0 unspecified atom stereocenters. The van der Waals surface area contributed by atoms with Gasteiger partial charge in [0.1, 0.15) is 16.7 Å². The molecule has 0 aromatic carbocycles. The van der Waals surface area contributed by atoms with Crippen LogP contribution in [-0.4, -0.2) is 48.1 Å². The number of carbonyl (C=O) groups is 1. The van der Waals surface area contributed by atoms with Crippen LogP contribution < -0.4 is 27.0 Å². The molecule has 0 radical (unpaired) electrons. The quantitative estimate of drug-likeness (QED) is 0.523. The molecule has 23 heavy (non-hydrogen) atoms. The maximum atomic E-state index is 11.1. The Kier molecular flexibility index (Phi) is 6.26. The van der Waals surface area contributed by atoms with Crippen LogP contribution in [0.2, 0.25) is 0 Å². The van der Waals surface area contributed by atoms with Crippen LogP contribution in [0, 0.1) is 0 Å². The molecule has 6 N–H and O–H groups in total. The number of amides is 1. The number of pyridine rings is 1. The van der Waals surface area contributed by atoms with Crippen molar-refractivity contribution in [2.45, 2.75) is 13.5 Å². The van der Waals surface area contributed by atoms with E-state index < -0.39 is 0 Å². The minimum atomic E-state index is -0.0682. The van der Waals surface area contributed by atoms with Crippen LogP contribution in [-0.2, 0) is 11.3 Å². The van der Waals surface area contributed by atoms with Gasteiger partial charge in [0.25, 0.3) is 0 Å². The molecule has 0 aliphatic rings. The zero-order valence-corrected chi connectivity index (χ0v) is 14.5. The zero-order valence-electron chi connectivity index (χ0n) is 13.6. The largest absolute Gasteiger partial charge is 0.383 e. The third-order valence-electron chi connectivity index (χ3n) is 3.34. The van der Waals surface area contributed by atoms with Crippen molar-refractivity contribution in [3.8, 4) is 0 Å². The van der Waals surface area contributed by atoms with Gasteiger partial charge in [-0.15, -0.1) is 12.4 Å². The number of nitrogens with zero attached hydrogens (tertiary/aromatic N) is 3. The molecule has 2 heterocycles. The topological polar surface area (TPSA) is 122 Å². The van der Waals surface area contributed by atoms with E-state index in [4.69, 9.17) is 5.73 Å². The average Bonchev–Trinajstić information content (AvgIpc) is 2.86. The summed E-state index contributed by atoms with van der Waals surface area (Å²) in [5.74, 6) is 1.60. The van der Waals surface area contributed by atoms with Crippen molar-refractivity contribution in [2.75, 3.05) is 49.4 Å². The fourth-order valence-corrected chi connectivity index (χ4v) is 2.40. The maximum Gasteiger partial charge on any atom is 0.216 e. The highest BCUT2D eigenvalue weighted by molar-refractivity contribution is 6.01. The molecule has 0 spiro atoms. The standard InChI is InChI=1S/C13H22N8O.ClH/c1-7(22)18-5-6-21-10-8(19-13(21)17-4)11(14)20-12(16-3)9(10)15-2;/h15H,5-6H2,1-4H3,(H,17,19)(H,18,22)(H3,14,16,20);1H. The van der Waals surface area contributed by atoms with E-state index in [2.05, 4.69) is 31.2 Å². The van der Waals surface area contributed by atoms with E-state index in [0.717, 1.165) is 11.2 Å². The summed E-state index contributed by atoms with van der Waals surface area (Å²) < 4.78 is 1.97. The zero-order chi connectivity index (χ0) is 16.3. The summed E-state index contributed by atoms with van der Waals surface area (Å²) in [5.41, 5.74) is 8.29. The first-order chi connectivity index (χ1) is 10.5. The summed E-state index contributed by atoms with van der Waals surface area (Å²) >= 11 is 0. The summed E-state index contributed by atoms with van der Waals surface area (Å²) in [6.07, 6.45) is 0. The van der Waals surface area contributed by atoms with Crippen LogP contribution in [0.4, 0.5) is 23.3 Å². The second kappa shape index (κ2) is 7.73. The number of nitrogens with one attached hydrogen (secondary N) is 4. The van der Waals surface area contributed by atoms with Gasteiger partial charge in [0.05, 0.1) is 0 Å². The van der Waals surface area contributed by atoms with Crippen molar-refractivity contribution in [1.29, 1.82) is 0 Å². The Morgan fingerprint density at radius 3 is 2.39 bits per heavy atom. The van der Waals surface area contributed by atoms with Crippen molar-refractivity contribution in [3.63, 3.8) is 0 Å². The van der Waals surface area contributed by atoms with Gasteiger partial charge in [-0.1, -0.05) is 0 Å². The fraction of sp³-hybridized carbons (Fsp3) is 0.462. The van der Waals surface area contributed by atoms with Crippen molar-refractivity contribution in [1.82, 2.24) is 19.9 Å². The van der Waals surface area contributed by atoms with E-state index >= 15 is 0 Å². The van der Waals surface area contributed by atoms with E-state index in [0.29, 0.717) is 36.2 Å². The van der Waals surface area contributed by atoms with E-state index in [1.54, 1.807) is 14.1 Å². The number of carbonyl (C=O) groups excluding carboxylic acids is 1. The normalized spacial score (nSPS) is 10.1. The Bertz CT molecular complexity index is 699. The third-order valence-corrected chi connectivity index (χ3v) is 3.34. The van der Waals surface area contributed by atoms with Gasteiger partial charge in [-0.05, 0) is 0 Å². The van der Waals surface area contributed by atoms with Crippen LogP contribution in [0.5, 0.6) is 0 Å². The highest BCUT2D eigenvalue weighted by Crippen LogP contribution is 2.34. The van der Waals surface area contributed by atoms with Crippen LogP contribution in [0.1, 0.15) is 6.92 Å². The lowest BCUT2D eigenvalue weighted by Gasteiger charge is -2.14. The SMILES string of the molecule is CNc1nc(N)c2nc(NC)n(CCNC(C)=O)c2c1NC.Cl. The number of nitrogens with two attached hydrogens (primary N) is 1. The molecule has 1 amide bonds. The second-order valence-electron chi connectivity index (χ2n) is 4.74. The van der Waals surface area contributed by atoms with E-state index in [1.165, 1.54) is 6.92 Å². The lowest BCUT2D eigenvalue weighted by molar-refractivity contribution is -0.118. The summed E-state index contributed by atoms with van der Waals surface area (Å²) in [5, 5.41) is 12.0. The van der Waals surface area contributed by atoms with Gasteiger partial charge in [-0.2, -0.15) is 0 Å². The van der Waals surface area contributed by atoms with E-state index in [9.17, 15) is 4.79 Å². The molecular formula is C13H23ClN8O. The number of rotatable bonds is 6. The van der Waals surface area contributed by atoms with Gasteiger partial charge in [0, 0.05) is 41.2 Å². The van der Waals surface area contributed by atoms with E-state index in [1.807, 2.05) is 11.6 Å².